The van der Waals surface area contributed by atoms with Crippen LogP contribution in [-0.4, -0.2) is 44.2 Å². The summed E-state index contributed by atoms with van der Waals surface area (Å²) in [5.74, 6) is -1.17. The van der Waals surface area contributed by atoms with Gasteiger partial charge in [-0.1, -0.05) is 0 Å². The van der Waals surface area contributed by atoms with Gasteiger partial charge in [0.05, 0.1) is 22.1 Å². The van der Waals surface area contributed by atoms with Crippen LogP contribution in [0.3, 0.4) is 0 Å². The Bertz CT molecular complexity index is 1180. The summed E-state index contributed by atoms with van der Waals surface area (Å²) in [6, 6.07) is 8.19. The SMILES string of the molecule is O=C1COc2ccc(S(=O)(=O)N3CCC[C@@H](C(=O)Nc4ccc(C(F)(F)F)cc4)C3)cc2N1. The Morgan fingerprint density at radius 2 is 1.88 bits per heavy atom. The number of anilines is 2. The molecule has 0 radical (unpaired) electrons. The van der Waals surface area contributed by atoms with E-state index in [4.69, 9.17) is 4.74 Å². The van der Waals surface area contributed by atoms with Gasteiger partial charge in [0.25, 0.3) is 5.91 Å². The number of piperidine rings is 1. The van der Waals surface area contributed by atoms with Gasteiger partial charge in [-0.15, -0.1) is 0 Å². The summed E-state index contributed by atoms with van der Waals surface area (Å²) in [5, 5.41) is 5.12. The lowest BCUT2D eigenvalue weighted by Gasteiger charge is -2.31. The maximum Gasteiger partial charge on any atom is 0.416 e. The lowest BCUT2D eigenvalue weighted by atomic mass is 9.98. The van der Waals surface area contributed by atoms with Gasteiger partial charge < -0.3 is 15.4 Å². The zero-order chi connectivity index (χ0) is 23.8. The van der Waals surface area contributed by atoms with Crippen molar-refractivity contribution in [3.05, 3.63) is 48.0 Å². The molecule has 2 heterocycles. The van der Waals surface area contributed by atoms with Gasteiger partial charge in [-0.05, 0) is 55.3 Å². The van der Waals surface area contributed by atoms with E-state index >= 15 is 0 Å². The maximum absolute atomic E-state index is 13.1. The number of carbonyl (C=O) groups is 2. The Balaban J connectivity index is 1.46. The first-order chi connectivity index (χ1) is 15.5. The smallest absolute Gasteiger partial charge is 0.416 e. The summed E-state index contributed by atoms with van der Waals surface area (Å²) in [6.45, 7) is -0.0119. The second kappa shape index (κ2) is 8.67. The summed E-state index contributed by atoms with van der Waals surface area (Å²) in [7, 11) is -3.95. The topological polar surface area (TPSA) is 105 Å². The van der Waals surface area contributed by atoms with E-state index < -0.39 is 39.5 Å². The van der Waals surface area contributed by atoms with Crippen LogP contribution in [0.15, 0.2) is 47.4 Å². The fourth-order valence-corrected chi connectivity index (χ4v) is 5.28. The fraction of sp³-hybridized carbons (Fsp3) is 0.333. The van der Waals surface area contributed by atoms with Crippen LogP contribution in [0.2, 0.25) is 0 Å². The molecule has 0 unspecified atom stereocenters. The standard InChI is InChI=1S/C21H20F3N3O5S/c22-21(23,24)14-3-5-15(6-4-14)25-20(29)13-2-1-9-27(11-13)33(30,31)16-7-8-18-17(10-16)26-19(28)12-32-18/h3-8,10,13H,1-2,9,11-12H2,(H,25,29)(H,26,28)/t13-/m1/s1. The number of alkyl halides is 3. The van der Waals surface area contributed by atoms with Gasteiger partial charge in [-0.2, -0.15) is 17.5 Å². The highest BCUT2D eigenvalue weighted by atomic mass is 32.2. The molecular formula is C21H20F3N3O5S. The van der Waals surface area contributed by atoms with Gasteiger partial charge in [0, 0.05) is 18.8 Å². The van der Waals surface area contributed by atoms with E-state index in [0.29, 0.717) is 18.6 Å². The number of ether oxygens (including phenoxy) is 1. The second-order valence-electron chi connectivity index (χ2n) is 7.76. The molecule has 1 fully saturated rings. The Morgan fingerprint density at radius 3 is 2.58 bits per heavy atom. The highest BCUT2D eigenvalue weighted by Crippen LogP contribution is 2.33. The van der Waals surface area contributed by atoms with Gasteiger partial charge in [0.1, 0.15) is 5.75 Å². The number of nitrogens with one attached hydrogen (secondary N) is 2. The van der Waals surface area contributed by atoms with Crippen molar-refractivity contribution in [2.45, 2.75) is 23.9 Å². The van der Waals surface area contributed by atoms with E-state index in [1.807, 2.05) is 0 Å². The second-order valence-corrected chi connectivity index (χ2v) is 9.70. The Hall–Kier alpha value is -3.12. The number of carbonyl (C=O) groups excluding carboxylic acids is 2. The van der Waals surface area contributed by atoms with Crippen molar-refractivity contribution in [1.29, 1.82) is 0 Å². The number of hydrogen-bond donors (Lipinski definition) is 2. The number of halogens is 3. The molecule has 2 aliphatic rings. The number of sulfonamides is 1. The highest BCUT2D eigenvalue weighted by molar-refractivity contribution is 7.89. The van der Waals surface area contributed by atoms with E-state index in [9.17, 15) is 31.2 Å². The largest absolute Gasteiger partial charge is 0.482 e. The van der Waals surface area contributed by atoms with Crippen molar-refractivity contribution in [2.75, 3.05) is 30.3 Å². The van der Waals surface area contributed by atoms with Crippen LogP contribution in [0.25, 0.3) is 0 Å². The number of hydrogen-bond acceptors (Lipinski definition) is 5. The van der Waals surface area contributed by atoms with Gasteiger partial charge in [-0.25, -0.2) is 8.42 Å². The first kappa shape index (κ1) is 23.1. The number of rotatable bonds is 4. The van der Waals surface area contributed by atoms with Crippen LogP contribution in [0.5, 0.6) is 5.75 Å². The molecule has 2 aliphatic heterocycles. The van der Waals surface area contributed by atoms with Crippen molar-refractivity contribution in [3.63, 3.8) is 0 Å². The minimum Gasteiger partial charge on any atom is -0.482 e. The summed E-state index contributed by atoms with van der Waals surface area (Å²) in [5.41, 5.74) is -0.388. The van der Waals surface area contributed by atoms with Crippen molar-refractivity contribution in [3.8, 4) is 5.75 Å². The molecule has 0 bridgehead atoms. The first-order valence-corrected chi connectivity index (χ1v) is 11.5. The molecule has 2 aromatic rings. The van der Waals surface area contributed by atoms with Crippen molar-refractivity contribution in [1.82, 2.24) is 4.31 Å². The number of benzene rings is 2. The molecule has 4 rings (SSSR count). The molecule has 0 saturated carbocycles. The van der Waals surface area contributed by atoms with Gasteiger partial charge in [0.15, 0.2) is 6.61 Å². The Kier molecular flexibility index (Phi) is 6.06. The molecular weight excluding hydrogens is 463 g/mol. The van der Waals surface area contributed by atoms with Gasteiger partial charge >= 0.3 is 6.18 Å². The Morgan fingerprint density at radius 1 is 1.15 bits per heavy atom. The quantitative estimate of drug-likeness (QED) is 0.696. The highest BCUT2D eigenvalue weighted by Gasteiger charge is 2.34. The van der Waals surface area contributed by atoms with E-state index in [2.05, 4.69) is 10.6 Å². The van der Waals surface area contributed by atoms with Crippen molar-refractivity contribution >= 4 is 33.2 Å². The molecule has 33 heavy (non-hydrogen) atoms. The summed E-state index contributed by atoms with van der Waals surface area (Å²) in [4.78, 5) is 24.1. The third-order valence-electron chi connectivity index (χ3n) is 5.46. The van der Waals surface area contributed by atoms with Gasteiger partial charge in [-0.3, -0.25) is 9.59 Å². The molecule has 1 saturated heterocycles. The molecule has 2 N–H and O–H groups in total. The van der Waals surface area contributed by atoms with Crippen molar-refractivity contribution < 1.29 is 35.9 Å². The summed E-state index contributed by atoms with van der Waals surface area (Å²) < 4.78 is 70.8. The van der Waals surface area contributed by atoms with E-state index in [1.165, 1.54) is 22.5 Å². The average Bonchev–Trinajstić information content (AvgIpc) is 2.78. The predicted octanol–water partition coefficient (Wildman–Crippen LogP) is 3.08. The maximum atomic E-state index is 13.1. The molecule has 1 atom stereocenters. The number of fused-ring (bicyclic) bond motifs is 1. The number of amides is 2. The predicted molar refractivity (Wildman–Crippen MR) is 112 cm³/mol. The Labute approximate surface area is 187 Å². The van der Waals surface area contributed by atoms with Crippen molar-refractivity contribution in [2.24, 2.45) is 5.92 Å². The zero-order valence-electron chi connectivity index (χ0n) is 17.2. The van der Waals surface area contributed by atoms with Crippen LogP contribution in [-0.2, 0) is 25.8 Å². The number of nitrogens with zero attached hydrogens (tertiary/aromatic N) is 1. The molecule has 2 aromatic carbocycles. The van der Waals surface area contributed by atoms with Crippen LogP contribution < -0.4 is 15.4 Å². The zero-order valence-corrected chi connectivity index (χ0v) is 18.0. The summed E-state index contributed by atoms with van der Waals surface area (Å²) >= 11 is 0. The molecule has 176 valence electrons. The van der Waals surface area contributed by atoms with Crippen LogP contribution in [0.4, 0.5) is 24.5 Å². The summed E-state index contributed by atoms with van der Waals surface area (Å²) in [6.07, 6.45) is -3.60. The molecule has 8 nitrogen and oxygen atoms in total. The molecule has 2 amide bonds. The minimum atomic E-state index is -4.48. The molecule has 0 spiro atoms. The van der Waals surface area contributed by atoms with Crippen LogP contribution in [0, 0.1) is 5.92 Å². The van der Waals surface area contributed by atoms with Gasteiger partial charge in [0.2, 0.25) is 15.9 Å². The third kappa shape index (κ3) is 4.96. The first-order valence-electron chi connectivity index (χ1n) is 10.1. The lowest BCUT2D eigenvalue weighted by molar-refractivity contribution is -0.137. The molecule has 0 aromatic heterocycles. The average molecular weight is 483 g/mol. The molecule has 0 aliphatic carbocycles. The van der Waals surface area contributed by atoms with E-state index in [0.717, 1.165) is 24.3 Å². The monoisotopic (exact) mass is 483 g/mol. The lowest BCUT2D eigenvalue weighted by Crippen LogP contribution is -2.43. The normalized spacial score (nSPS) is 19.2. The van der Waals surface area contributed by atoms with E-state index in [1.54, 1.807) is 0 Å². The third-order valence-corrected chi connectivity index (χ3v) is 7.32. The van der Waals surface area contributed by atoms with E-state index in [-0.39, 0.29) is 36.0 Å². The molecule has 12 heteroatoms. The minimum absolute atomic E-state index is 0.0455. The fourth-order valence-electron chi connectivity index (χ4n) is 3.73. The van der Waals surface area contributed by atoms with Crippen LogP contribution in [0.1, 0.15) is 18.4 Å². The van der Waals surface area contributed by atoms with Crippen LogP contribution >= 0.6 is 0 Å².